The number of fused-ring (bicyclic) bond motifs is 5. The van der Waals surface area contributed by atoms with Crippen LogP contribution in [-0.4, -0.2) is 129 Å². The van der Waals surface area contributed by atoms with Crippen molar-refractivity contribution < 1.29 is 46.1 Å². The third-order valence-electron chi connectivity index (χ3n) is 14.9. The lowest BCUT2D eigenvalue weighted by Gasteiger charge is -2.49. The minimum atomic E-state index is -2.78. The normalized spacial score (nSPS) is 21.1. The van der Waals surface area contributed by atoms with Gasteiger partial charge in [-0.05, 0) is 86.7 Å². The Labute approximate surface area is 417 Å². The molecule has 2 bridgehead atoms. The molecule has 0 radical (unpaired) electrons. The Morgan fingerprint density at radius 3 is 2.27 bits per heavy atom. The van der Waals surface area contributed by atoms with Gasteiger partial charge in [0.15, 0.2) is 12.6 Å². The van der Waals surface area contributed by atoms with E-state index in [1.54, 1.807) is 43.9 Å². The van der Waals surface area contributed by atoms with Crippen LogP contribution < -0.4 is 19.1 Å². The summed E-state index contributed by atoms with van der Waals surface area (Å²) in [6.45, 7) is 28.2. The number of halogens is 2. The summed E-state index contributed by atoms with van der Waals surface area (Å²) < 4.78 is 94.4. The van der Waals surface area contributed by atoms with Crippen molar-refractivity contribution in [3.8, 4) is 40.4 Å². The third-order valence-corrected chi connectivity index (χ3v) is 21.2. The van der Waals surface area contributed by atoms with Gasteiger partial charge in [-0.25, -0.2) is 18.6 Å². The summed E-state index contributed by atoms with van der Waals surface area (Å²) >= 11 is 0. The fourth-order valence-corrected chi connectivity index (χ4v) is 17.3. The smallest absolute Gasteiger partial charge is 0.411 e. The maximum atomic E-state index is 18.5. The van der Waals surface area contributed by atoms with Gasteiger partial charge >= 0.3 is 12.1 Å². The zero-order chi connectivity index (χ0) is 53.2. The molecule has 2 atom stereocenters. The Morgan fingerprint density at radius 1 is 0.943 bits per heavy atom. The molecule has 2 aromatic carbocycles. The molecule has 4 aliphatic rings. The van der Waals surface area contributed by atoms with Crippen LogP contribution in [0.1, 0.15) is 97.7 Å². The fourth-order valence-electron chi connectivity index (χ4n) is 12.1. The molecule has 4 fully saturated rings. The second-order valence-electron chi connectivity index (χ2n) is 21.7. The molecule has 6 heterocycles. The number of methoxy groups -OCH3 is 3. The molecule has 70 heavy (non-hydrogen) atoms. The summed E-state index contributed by atoms with van der Waals surface area (Å²) in [6.07, 6.45) is 1.58. The van der Waals surface area contributed by atoms with Crippen LogP contribution in [0.25, 0.3) is 32.9 Å². The topological polar surface area (TPSA) is 121 Å². The highest BCUT2D eigenvalue weighted by Crippen LogP contribution is 2.48. The van der Waals surface area contributed by atoms with Gasteiger partial charge in [0.1, 0.15) is 54.3 Å². The molecule has 8 rings (SSSR count). The standard InChI is InChI=1S/C54H70F2N6O7Si/c1-32(2)70(33(3)4,34(5)6)20-18-40-42(55)16-15-37-21-39(68-31-65-13)22-41(43(37)40)46-45(56)47-44(49(57-46)66-14)48(59-50(58-47)67-30-54-23-35(7)25-61(54)26-36(8)24-54)60-27-38-17-19-53(28-60,29-64-12)62(38)51(63)69-52(9,10)11/h15-16,21-22,32-34,38H,7-8,17,19,23-31H2,1-6,9-14H3/t38-,53+/m1/s1/i12D3. The van der Waals surface area contributed by atoms with Crippen molar-refractivity contribution >= 4 is 41.7 Å². The summed E-state index contributed by atoms with van der Waals surface area (Å²) in [4.78, 5) is 34.6. The summed E-state index contributed by atoms with van der Waals surface area (Å²) in [6, 6.07) is 5.65. The number of benzene rings is 2. The van der Waals surface area contributed by atoms with Gasteiger partial charge in [-0.1, -0.05) is 77.8 Å². The predicted octanol–water partition coefficient (Wildman–Crippen LogP) is 10.6. The van der Waals surface area contributed by atoms with E-state index in [0.717, 1.165) is 11.1 Å². The molecule has 4 saturated heterocycles. The van der Waals surface area contributed by atoms with Crippen molar-refractivity contribution in [3.63, 3.8) is 0 Å². The first-order chi connectivity index (χ1) is 34.2. The van der Waals surface area contributed by atoms with Gasteiger partial charge in [0.25, 0.3) is 0 Å². The first-order valence-corrected chi connectivity index (χ1v) is 26.5. The number of rotatable bonds is 14. The lowest BCUT2D eigenvalue weighted by atomic mass is 9.92. The second kappa shape index (κ2) is 19.3. The molecule has 13 nitrogen and oxygen atoms in total. The van der Waals surface area contributed by atoms with Crippen molar-refractivity contribution in [2.24, 2.45) is 0 Å². The van der Waals surface area contributed by atoms with E-state index in [4.69, 9.17) is 47.5 Å². The van der Waals surface area contributed by atoms with E-state index in [0.29, 0.717) is 55.3 Å². The number of ether oxygens (including phenoxy) is 6. The highest BCUT2D eigenvalue weighted by atomic mass is 28.3. The number of carbonyl (C=O) groups excluding carboxylic acids is 1. The van der Waals surface area contributed by atoms with E-state index >= 15 is 8.78 Å². The van der Waals surface area contributed by atoms with Gasteiger partial charge < -0.3 is 33.3 Å². The van der Waals surface area contributed by atoms with Crippen LogP contribution in [0.5, 0.6) is 17.6 Å². The monoisotopic (exact) mass is 984 g/mol. The molecule has 0 aliphatic carbocycles. The van der Waals surface area contributed by atoms with Gasteiger partial charge in [0.05, 0.1) is 40.5 Å². The fraction of sp³-hybridized carbons (Fsp3) is 0.556. The number of piperazine rings is 1. The molecule has 0 unspecified atom stereocenters. The lowest BCUT2D eigenvalue weighted by molar-refractivity contribution is -0.0261. The molecule has 0 N–H and O–H groups in total. The summed E-state index contributed by atoms with van der Waals surface area (Å²) in [7, 11) is -2.30. The van der Waals surface area contributed by atoms with Gasteiger partial charge in [-0.3, -0.25) is 9.80 Å². The summed E-state index contributed by atoms with van der Waals surface area (Å²) in [5, 5.41) is 0.944. The molecule has 4 aliphatic heterocycles. The number of aromatic nitrogens is 3. The van der Waals surface area contributed by atoms with E-state index in [1.807, 2.05) is 4.90 Å². The largest absolute Gasteiger partial charge is 0.480 e. The quantitative estimate of drug-likeness (QED) is 0.0518. The molecular weight excluding hydrogens is 911 g/mol. The first kappa shape index (κ1) is 47.0. The van der Waals surface area contributed by atoms with Crippen LogP contribution in [0, 0.1) is 23.1 Å². The minimum absolute atomic E-state index is 0.00697. The van der Waals surface area contributed by atoms with E-state index in [2.05, 4.69) is 71.1 Å². The first-order valence-electron chi connectivity index (χ1n) is 25.7. The number of pyridine rings is 1. The zero-order valence-electron chi connectivity index (χ0n) is 45.6. The lowest BCUT2D eigenvalue weighted by Crippen LogP contribution is -2.66. The van der Waals surface area contributed by atoms with Gasteiger partial charge in [0, 0.05) is 51.3 Å². The molecule has 16 heteroatoms. The predicted molar refractivity (Wildman–Crippen MR) is 272 cm³/mol. The minimum Gasteiger partial charge on any atom is -0.480 e. The third kappa shape index (κ3) is 9.11. The number of amides is 1. The molecule has 4 aromatic rings. The average Bonchev–Trinajstić information content (AvgIpc) is 3.86. The Kier molecular flexibility index (Phi) is 13.0. The van der Waals surface area contributed by atoms with Crippen LogP contribution in [-0.2, 0) is 14.2 Å². The number of nitrogens with zero attached hydrogens (tertiary/aromatic N) is 6. The van der Waals surface area contributed by atoms with E-state index < -0.39 is 55.6 Å². The summed E-state index contributed by atoms with van der Waals surface area (Å²) in [5.74, 6) is 2.30. The SMILES string of the molecule is [2H]C([2H])([2H])OC[C@]12CC[C@H](CN(c3nc(OCC45CC(=C)CN4CC(=C)C5)nc4c(F)c(-c5cc(OCOC)cc6ccc(F)c(C#C[Si](C(C)C)(C(C)C)C(C)C)c56)nc(OC)c34)C1)N2C(=O)OC(C)(C)C. The van der Waals surface area contributed by atoms with Crippen molar-refractivity contribution in [1.29, 1.82) is 0 Å². The molecule has 2 aromatic heterocycles. The number of hydrogen-bond acceptors (Lipinski definition) is 12. The molecule has 1 amide bonds. The number of anilines is 1. The second-order valence-corrected chi connectivity index (χ2v) is 27.3. The number of hydrogen-bond donors (Lipinski definition) is 0. The maximum absolute atomic E-state index is 18.5. The van der Waals surface area contributed by atoms with Crippen molar-refractivity contribution in [3.05, 3.63) is 65.8 Å². The molecular formula is C54H70F2N6O7Si. The van der Waals surface area contributed by atoms with Gasteiger partial charge in [-0.2, -0.15) is 9.97 Å². The molecule has 0 spiro atoms. The maximum Gasteiger partial charge on any atom is 0.411 e. The highest BCUT2D eigenvalue weighted by Gasteiger charge is 2.56. The molecule has 376 valence electrons. The van der Waals surface area contributed by atoms with Gasteiger partial charge in [-0.15, -0.1) is 5.54 Å². The van der Waals surface area contributed by atoms with E-state index in [1.165, 1.54) is 20.3 Å². The van der Waals surface area contributed by atoms with Crippen LogP contribution >= 0.6 is 0 Å². The van der Waals surface area contributed by atoms with Crippen LogP contribution in [0.15, 0.2) is 48.6 Å². The van der Waals surface area contributed by atoms with Crippen molar-refractivity contribution in [2.75, 3.05) is 72.3 Å². The van der Waals surface area contributed by atoms with Gasteiger partial charge in [0.2, 0.25) is 5.88 Å². The Bertz CT molecular complexity index is 2860. The average molecular weight is 984 g/mol. The zero-order valence-corrected chi connectivity index (χ0v) is 43.6. The Hall–Kier alpha value is -5.34. The van der Waals surface area contributed by atoms with E-state index in [9.17, 15) is 4.79 Å². The van der Waals surface area contributed by atoms with Crippen molar-refractivity contribution in [1.82, 2.24) is 24.8 Å². The Morgan fingerprint density at radius 2 is 1.64 bits per heavy atom. The van der Waals surface area contributed by atoms with Crippen LogP contribution in [0.4, 0.5) is 19.4 Å². The number of carbonyl (C=O) groups is 1. The Balaban J connectivity index is 1.37. The highest BCUT2D eigenvalue weighted by molar-refractivity contribution is 6.90. The molecule has 0 saturated carbocycles. The van der Waals surface area contributed by atoms with Crippen LogP contribution in [0.3, 0.4) is 0 Å². The van der Waals surface area contributed by atoms with Crippen molar-refractivity contribution in [2.45, 2.75) is 127 Å². The van der Waals surface area contributed by atoms with E-state index in [-0.39, 0.29) is 95.2 Å². The summed E-state index contributed by atoms with van der Waals surface area (Å²) in [5.41, 5.74) is 3.85. The van der Waals surface area contributed by atoms with Crippen LogP contribution in [0.2, 0.25) is 16.6 Å².